The van der Waals surface area contributed by atoms with Crippen molar-refractivity contribution >= 4 is 34.9 Å². The Labute approximate surface area is 141 Å². The van der Waals surface area contributed by atoms with Crippen molar-refractivity contribution in [2.45, 2.75) is 36.9 Å². The molecule has 0 atom stereocenters. The van der Waals surface area contributed by atoms with Crippen molar-refractivity contribution in [2.75, 3.05) is 12.3 Å². The molecule has 0 radical (unpaired) electrons. The fourth-order valence-electron chi connectivity index (χ4n) is 2.73. The van der Waals surface area contributed by atoms with Gasteiger partial charge < -0.3 is 0 Å². The van der Waals surface area contributed by atoms with Gasteiger partial charge in [-0.2, -0.15) is 0 Å². The quantitative estimate of drug-likeness (QED) is 0.777. The second-order valence-corrected chi connectivity index (χ2v) is 7.61. The summed E-state index contributed by atoms with van der Waals surface area (Å²) in [5, 5.41) is 11.4. The second-order valence-electron chi connectivity index (χ2n) is 5.72. The topological polar surface area (TPSA) is 68.1 Å². The van der Waals surface area contributed by atoms with Gasteiger partial charge in [0.25, 0.3) is 0 Å². The van der Waals surface area contributed by atoms with Gasteiger partial charge in [0.1, 0.15) is 0 Å². The third kappa shape index (κ3) is 2.92. The smallest absolute Gasteiger partial charge is 0.239 e. The molecule has 23 heavy (non-hydrogen) atoms. The molecular formula is C15H16N4O2S2. The zero-order chi connectivity index (χ0) is 15.8. The van der Waals surface area contributed by atoms with Gasteiger partial charge in [0.15, 0.2) is 11.0 Å². The van der Waals surface area contributed by atoms with Crippen molar-refractivity contribution in [3.8, 4) is 10.7 Å². The van der Waals surface area contributed by atoms with E-state index in [1.807, 2.05) is 17.5 Å². The number of carbonyl (C=O) groups is 2. The maximum Gasteiger partial charge on any atom is 0.239 e. The largest absolute Gasteiger partial charge is 0.298 e. The lowest BCUT2D eigenvalue weighted by molar-refractivity contribution is -0.140. The van der Waals surface area contributed by atoms with Gasteiger partial charge in [-0.3, -0.25) is 19.1 Å². The van der Waals surface area contributed by atoms with Crippen LogP contribution in [0.4, 0.5) is 0 Å². The maximum atomic E-state index is 12.2. The second kappa shape index (κ2) is 6.09. The van der Waals surface area contributed by atoms with E-state index in [1.54, 1.807) is 11.3 Å². The number of nitrogens with zero attached hydrogens (tertiary/aromatic N) is 4. The van der Waals surface area contributed by atoms with Crippen LogP contribution in [-0.2, 0) is 9.59 Å². The lowest BCUT2D eigenvalue weighted by Crippen LogP contribution is -2.33. The fourth-order valence-corrected chi connectivity index (χ4v) is 4.31. The van der Waals surface area contributed by atoms with E-state index >= 15 is 0 Å². The Morgan fingerprint density at radius 3 is 2.91 bits per heavy atom. The molecule has 4 rings (SSSR count). The van der Waals surface area contributed by atoms with Crippen LogP contribution in [0.5, 0.6) is 0 Å². The summed E-state index contributed by atoms with van der Waals surface area (Å²) in [6, 6.07) is 4.48. The summed E-state index contributed by atoms with van der Waals surface area (Å²) in [4.78, 5) is 26.3. The van der Waals surface area contributed by atoms with Crippen LogP contribution in [0.2, 0.25) is 0 Å². The predicted octanol–water partition coefficient (Wildman–Crippen LogP) is 2.58. The van der Waals surface area contributed by atoms with Crippen molar-refractivity contribution in [1.82, 2.24) is 19.7 Å². The number of amides is 2. The molecule has 1 saturated carbocycles. The zero-order valence-corrected chi connectivity index (χ0v) is 14.1. The van der Waals surface area contributed by atoms with Gasteiger partial charge in [-0.1, -0.05) is 17.8 Å². The van der Waals surface area contributed by atoms with E-state index in [2.05, 4.69) is 14.8 Å². The molecule has 2 aromatic rings. The molecule has 6 nitrogen and oxygen atoms in total. The van der Waals surface area contributed by atoms with Gasteiger partial charge >= 0.3 is 0 Å². The predicted molar refractivity (Wildman–Crippen MR) is 88.3 cm³/mol. The first-order valence-electron chi connectivity index (χ1n) is 7.69. The minimum absolute atomic E-state index is 0.0569. The highest BCUT2D eigenvalue weighted by Gasteiger charge is 2.31. The summed E-state index contributed by atoms with van der Waals surface area (Å²) in [7, 11) is 0. The summed E-state index contributed by atoms with van der Waals surface area (Å²) in [5.74, 6) is 0.940. The number of thiophene rings is 1. The van der Waals surface area contributed by atoms with Crippen molar-refractivity contribution in [3.05, 3.63) is 17.5 Å². The van der Waals surface area contributed by atoms with Gasteiger partial charge in [0.05, 0.1) is 10.6 Å². The summed E-state index contributed by atoms with van der Waals surface area (Å²) in [5.41, 5.74) is 0. The molecule has 1 aliphatic carbocycles. The van der Waals surface area contributed by atoms with Crippen molar-refractivity contribution < 1.29 is 9.59 Å². The molecule has 2 fully saturated rings. The summed E-state index contributed by atoms with van der Waals surface area (Å²) in [6.07, 6.45) is 3.51. The van der Waals surface area contributed by atoms with Crippen molar-refractivity contribution in [1.29, 1.82) is 0 Å². The molecule has 0 spiro atoms. The lowest BCUT2D eigenvalue weighted by atomic mass is 10.4. The van der Waals surface area contributed by atoms with Crippen LogP contribution in [0.25, 0.3) is 10.7 Å². The van der Waals surface area contributed by atoms with E-state index in [-0.39, 0.29) is 17.6 Å². The molecule has 2 aromatic heterocycles. The van der Waals surface area contributed by atoms with Gasteiger partial charge in [-0.15, -0.1) is 21.5 Å². The van der Waals surface area contributed by atoms with Gasteiger partial charge in [-0.05, 0) is 30.7 Å². The Morgan fingerprint density at radius 1 is 1.39 bits per heavy atom. The van der Waals surface area contributed by atoms with E-state index in [0.717, 1.165) is 35.1 Å². The number of rotatable bonds is 5. The van der Waals surface area contributed by atoms with Gasteiger partial charge in [0, 0.05) is 19.0 Å². The molecule has 2 amide bonds. The zero-order valence-electron chi connectivity index (χ0n) is 12.5. The Kier molecular flexibility index (Phi) is 3.94. The highest BCUT2D eigenvalue weighted by Crippen LogP contribution is 2.41. The first-order chi connectivity index (χ1) is 11.2. The number of imide groups is 1. The highest BCUT2D eigenvalue weighted by molar-refractivity contribution is 7.99. The fraction of sp³-hybridized carbons (Fsp3) is 0.467. The van der Waals surface area contributed by atoms with Crippen LogP contribution in [0.1, 0.15) is 31.7 Å². The van der Waals surface area contributed by atoms with E-state index in [9.17, 15) is 9.59 Å². The average molecular weight is 348 g/mol. The molecule has 1 aliphatic heterocycles. The maximum absolute atomic E-state index is 12.2. The van der Waals surface area contributed by atoms with Crippen LogP contribution in [-0.4, -0.2) is 43.8 Å². The normalized spacial score (nSPS) is 17.9. The summed E-state index contributed by atoms with van der Waals surface area (Å²) < 4.78 is 2.15. The van der Waals surface area contributed by atoms with Crippen LogP contribution in [0.15, 0.2) is 22.7 Å². The minimum Gasteiger partial charge on any atom is -0.298 e. The minimum atomic E-state index is -0.125. The monoisotopic (exact) mass is 348 g/mol. The molecule has 0 bridgehead atoms. The summed E-state index contributed by atoms with van der Waals surface area (Å²) >= 11 is 3.02. The Hall–Kier alpha value is -1.67. The molecule has 0 unspecified atom stereocenters. The van der Waals surface area contributed by atoms with E-state index in [1.165, 1.54) is 16.7 Å². The van der Waals surface area contributed by atoms with E-state index in [0.29, 0.717) is 19.0 Å². The average Bonchev–Trinajstić information content (AvgIpc) is 2.96. The molecule has 120 valence electrons. The molecule has 0 aromatic carbocycles. The van der Waals surface area contributed by atoms with Crippen molar-refractivity contribution in [3.63, 3.8) is 0 Å². The molecule has 1 saturated heterocycles. The van der Waals surface area contributed by atoms with Crippen LogP contribution in [0, 0.1) is 0 Å². The van der Waals surface area contributed by atoms with Crippen LogP contribution in [0.3, 0.4) is 0 Å². The third-order valence-corrected chi connectivity index (χ3v) is 5.81. The lowest BCUT2D eigenvalue weighted by Gasteiger charge is -2.13. The van der Waals surface area contributed by atoms with Gasteiger partial charge in [-0.25, -0.2) is 0 Å². The first kappa shape index (κ1) is 14.9. The molecule has 8 heteroatoms. The number of hydrogen-bond acceptors (Lipinski definition) is 6. The Balaban J connectivity index is 1.51. The highest BCUT2D eigenvalue weighted by atomic mass is 32.2. The molecular weight excluding hydrogens is 332 g/mol. The Bertz CT molecular complexity index is 737. The number of thioether (sulfide) groups is 1. The van der Waals surface area contributed by atoms with Gasteiger partial charge in [0.2, 0.25) is 11.8 Å². The number of carbonyl (C=O) groups excluding carboxylic acids is 2. The Morgan fingerprint density at radius 2 is 2.26 bits per heavy atom. The van der Waals surface area contributed by atoms with Crippen molar-refractivity contribution in [2.24, 2.45) is 0 Å². The first-order valence-corrected chi connectivity index (χ1v) is 9.55. The number of likely N-dealkylation sites (tertiary alicyclic amines) is 1. The molecule has 3 heterocycles. The number of hydrogen-bond donors (Lipinski definition) is 0. The third-order valence-electron chi connectivity index (χ3n) is 4.02. The molecule has 0 N–H and O–H groups in total. The van der Waals surface area contributed by atoms with Crippen LogP contribution < -0.4 is 0 Å². The molecule has 2 aliphatic rings. The van der Waals surface area contributed by atoms with E-state index < -0.39 is 0 Å². The summed E-state index contributed by atoms with van der Waals surface area (Å²) in [6.45, 7) is 0.550. The number of aromatic nitrogens is 3. The standard InChI is InChI=1S/C15H16N4O2S2/c20-12-4-1-7-18(12)13(21)9-23-15-17-16-14(11-3-2-8-22-11)19(15)10-5-6-10/h2-3,8,10H,1,4-7,9H2. The van der Waals surface area contributed by atoms with Crippen LogP contribution >= 0.6 is 23.1 Å². The van der Waals surface area contributed by atoms with E-state index in [4.69, 9.17) is 0 Å². The SMILES string of the molecule is O=C1CCCN1C(=O)CSc1nnc(-c2cccs2)n1C1CC1.